The zero-order chi connectivity index (χ0) is 15.9. The number of anilines is 2. The van der Waals surface area contributed by atoms with Gasteiger partial charge >= 0.3 is 5.97 Å². The molecule has 1 atom stereocenters. The summed E-state index contributed by atoms with van der Waals surface area (Å²) in [6.45, 7) is 1.77. The number of carbonyl (C=O) groups excluding carboxylic acids is 2. The fourth-order valence-corrected chi connectivity index (χ4v) is 1.91. The number of esters is 1. The zero-order valence-corrected chi connectivity index (χ0v) is 12.5. The molecule has 22 heavy (non-hydrogen) atoms. The van der Waals surface area contributed by atoms with Crippen LogP contribution in [0.25, 0.3) is 0 Å². The molecule has 0 fully saturated rings. The molecule has 0 spiro atoms. The smallest absolute Gasteiger partial charge is 0.337 e. The van der Waals surface area contributed by atoms with Crippen LogP contribution in [0.15, 0.2) is 54.6 Å². The van der Waals surface area contributed by atoms with Crippen LogP contribution in [0.4, 0.5) is 11.4 Å². The van der Waals surface area contributed by atoms with E-state index in [4.69, 9.17) is 0 Å². The van der Waals surface area contributed by atoms with Gasteiger partial charge < -0.3 is 15.4 Å². The lowest BCUT2D eigenvalue weighted by atomic mass is 10.2. The van der Waals surface area contributed by atoms with Crippen LogP contribution in [0.3, 0.4) is 0 Å². The van der Waals surface area contributed by atoms with Gasteiger partial charge in [-0.25, -0.2) is 4.79 Å². The summed E-state index contributed by atoms with van der Waals surface area (Å²) in [6, 6.07) is 15.6. The second-order valence-electron chi connectivity index (χ2n) is 4.79. The van der Waals surface area contributed by atoms with Gasteiger partial charge in [0, 0.05) is 11.4 Å². The number of benzene rings is 2. The molecule has 0 aliphatic heterocycles. The number of carbonyl (C=O) groups is 2. The fourth-order valence-electron chi connectivity index (χ4n) is 1.91. The number of hydrogen-bond donors (Lipinski definition) is 2. The van der Waals surface area contributed by atoms with Crippen LogP contribution in [-0.2, 0) is 9.53 Å². The van der Waals surface area contributed by atoms with E-state index in [1.807, 2.05) is 30.3 Å². The van der Waals surface area contributed by atoms with Gasteiger partial charge in [-0.3, -0.25) is 4.79 Å². The molecule has 0 aliphatic carbocycles. The Morgan fingerprint density at radius 2 is 1.59 bits per heavy atom. The van der Waals surface area contributed by atoms with E-state index in [0.717, 1.165) is 11.4 Å². The van der Waals surface area contributed by atoms with Crippen LogP contribution < -0.4 is 10.6 Å². The van der Waals surface area contributed by atoms with Crippen LogP contribution >= 0.6 is 0 Å². The van der Waals surface area contributed by atoms with Crippen molar-refractivity contribution in [3.8, 4) is 0 Å². The summed E-state index contributed by atoms with van der Waals surface area (Å²) in [6.07, 6.45) is 0. The molecule has 1 amide bonds. The van der Waals surface area contributed by atoms with Crippen LogP contribution in [-0.4, -0.2) is 25.0 Å². The summed E-state index contributed by atoms with van der Waals surface area (Å²) >= 11 is 0. The minimum atomic E-state index is -0.413. The van der Waals surface area contributed by atoms with Crippen molar-refractivity contribution in [2.75, 3.05) is 17.7 Å². The van der Waals surface area contributed by atoms with Crippen LogP contribution in [0, 0.1) is 0 Å². The van der Waals surface area contributed by atoms with Crippen LogP contribution in [0.2, 0.25) is 0 Å². The van der Waals surface area contributed by atoms with E-state index in [1.54, 1.807) is 31.2 Å². The summed E-state index contributed by atoms with van der Waals surface area (Å²) in [5.74, 6) is -0.523. The standard InChI is InChI=1S/C17H18N2O3/c1-12(16(20)19-14-6-4-3-5-7-14)18-15-10-8-13(9-11-15)17(21)22-2/h3-12,18H,1-2H3,(H,19,20)/t12-/m0/s1. The fraction of sp³-hybridized carbons (Fsp3) is 0.176. The monoisotopic (exact) mass is 298 g/mol. The summed E-state index contributed by atoms with van der Waals surface area (Å²) in [7, 11) is 1.34. The van der Waals surface area contributed by atoms with Crippen molar-refractivity contribution in [3.63, 3.8) is 0 Å². The van der Waals surface area contributed by atoms with Gasteiger partial charge in [-0.05, 0) is 43.3 Å². The highest BCUT2D eigenvalue weighted by atomic mass is 16.5. The average Bonchev–Trinajstić information content (AvgIpc) is 2.55. The summed E-state index contributed by atoms with van der Waals surface area (Å²) in [5.41, 5.74) is 1.97. The molecule has 0 aromatic heterocycles. The molecule has 2 N–H and O–H groups in total. The topological polar surface area (TPSA) is 67.4 Å². The molecule has 2 aromatic carbocycles. The number of para-hydroxylation sites is 1. The summed E-state index contributed by atoms with van der Waals surface area (Å²) in [5, 5.41) is 5.91. The molecule has 0 radical (unpaired) electrons. The van der Waals surface area contributed by atoms with Crippen molar-refractivity contribution in [2.24, 2.45) is 0 Å². The number of hydrogen-bond acceptors (Lipinski definition) is 4. The molecule has 114 valence electrons. The Hall–Kier alpha value is -2.82. The van der Waals surface area contributed by atoms with Crippen molar-refractivity contribution >= 4 is 23.3 Å². The Labute approximate surface area is 129 Å². The highest BCUT2D eigenvalue weighted by molar-refractivity contribution is 5.96. The van der Waals surface area contributed by atoms with Gasteiger partial charge in [0.2, 0.25) is 5.91 Å². The van der Waals surface area contributed by atoms with Gasteiger partial charge in [0.05, 0.1) is 12.7 Å². The maximum absolute atomic E-state index is 12.1. The number of ether oxygens (including phenoxy) is 1. The van der Waals surface area contributed by atoms with Gasteiger partial charge in [0.1, 0.15) is 6.04 Å². The third-order valence-electron chi connectivity index (χ3n) is 3.12. The van der Waals surface area contributed by atoms with Gasteiger partial charge in [-0.2, -0.15) is 0 Å². The first-order valence-corrected chi connectivity index (χ1v) is 6.91. The maximum Gasteiger partial charge on any atom is 0.337 e. The van der Waals surface area contributed by atoms with E-state index in [0.29, 0.717) is 5.56 Å². The van der Waals surface area contributed by atoms with Crippen molar-refractivity contribution in [2.45, 2.75) is 13.0 Å². The van der Waals surface area contributed by atoms with Crippen LogP contribution in [0.5, 0.6) is 0 Å². The van der Waals surface area contributed by atoms with Crippen molar-refractivity contribution in [3.05, 3.63) is 60.2 Å². The molecule has 5 nitrogen and oxygen atoms in total. The molecule has 0 saturated heterocycles. The van der Waals surface area contributed by atoms with E-state index in [2.05, 4.69) is 15.4 Å². The zero-order valence-electron chi connectivity index (χ0n) is 12.5. The Morgan fingerprint density at radius 1 is 0.955 bits per heavy atom. The van der Waals surface area contributed by atoms with Gasteiger partial charge in [-0.1, -0.05) is 18.2 Å². The first-order valence-electron chi connectivity index (χ1n) is 6.91. The molecule has 0 bridgehead atoms. The Balaban J connectivity index is 1.95. The van der Waals surface area contributed by atoms with E-state index in [1.165, 1.54) is 7.11 Å². The Bertz CT molecular complexity index is 639. The number of amides is 1. The Kier molecular flexibility index (Phi) is 5.14. The second kappa shape index (κ2) is 7.26. The average molecular weight is 298 g/mol. The van der Waals surface area contributed by atoms with Gasteiger partial charge in [0.15, 0.2) is 0 Å². The van der Waals surface area contributed by atoms with Crippen molar-refractivity contribution in [1.29, 1.82) is 0 Å². The minimum absolute atomic E-state index is 0.136. The highest BCUT2D eigenvalue weighted by Crippen LogP contribution is 2.13. The first kappa shape index (κ1) is 15.6. The molecule has 0 unspecified atom stereocenters. The molecule has 2 aromatic rings. The van der Waals surface area contributed by atoms with Crippen LogP contribution in [0.1, 0.15) is 17.3 Å². The molecule has 0 aliphatic rings. The summed E-state index contributed by atoms with van der Waals surface area (Å²) < 4.78 is 4.64. The van der Waals surface area contributed by atoms with Gasteiger partial charge in [-0.15, -0.1) is 0 Å². The largest absolute Gasteiger partial charge is 0.465 e. The first-order chi connectivity index (χ1) is 10.6. The molecule has 0 heterocycles. The number of methoxy groups -OCH3 is 1. The lowest BCUT2D eigenvalue weighted by molar-refractivity contribution is -0.116. The lowest BCUT2D eigenvalue weighted by Gasteiger charge is -2.15. The molecular formula is C17H18N2O3. The van der Waals surface area contributed by atoms with E-state index >= 15 is 0 Å². The third-order valence-corrected chi connectivity index (χ3v) is 3.12. The van der Waals surface area contributed by atoms with Crippen molar-refractivity contribution in [1.82, 2.24) is 0 Å². The quantitative estimate of drug-likeness (QED) is 0.833. The van der Waals surface area contributed by atoms with E-state index < -0.39 is 6.04 Å². The molecule has 0 saturated carbocycles. The predicted molar refractivity (Wildman–Crippen MR) is 85.9 cm³/mol. The SMILES string of the molecule is COC(=O)c1ccc(N[C@@H](C)C(=O)Nc2ccccc2)cc1. The molecule has 5 heteroatoms. The van der Waals surface area contributed by atoms with E-state index in [-0.39, 0.29) is 11.9 Å². The molecule has 2 rings (SSSR count). The van der Waals surface area contributed by atoms with E-state index in [9.17, 15) is 9.59 Å². The lowest BCUT2D eigenvalue weighted by Crippen LogP contribution is -2.31. The third kappa shape index (κ3) is 4.09. The predicted octanol–water partition coefficient (Wildman–Crippen LogP) is 2.91. The normalized spacial score (nSPS) is 11.4. The highest BCUT2D eigenvalue weighted by Gasteiger charge is 2.13. The maximum atomic E-state index is 12.1. The Morgan fingerprint density at radius 3 is 2.18 bits per heavy atom. The number of nitrogens with one attached hydrogen (secondary N) is 2. The summed E-state index contributed by atoms with van der Waals surface area (Å²) in [4.78, 5) is 23.4. The molecular weight excluding hydrogens is 280 g/mol. The van der Waals surface area contributed by atoms with Gasteiger partial charge in [0.25, 0.3) is 0 Å². The minimum Gasteiger partial charge on any atom is -0.465 e. The number of rotatable bonds is 5. The second-order valence-corrected chi connectivity index (χ2v) is 4.79. The van der Waals surface area contributed by atoms with Crippen molar-refractivity contribution < 1.29 is 14.3 Å².